The van der Waals surface area contributed by atoms with Crippen molar-refractivity contribution in [3.05, 3.63) is 143 Å². The largest absolute Gasteiger partial charge is 0.491 e. The van der Waals surface area contributed by atoms with E-state index in [2.05, 4.69) is 36.5 Å². The standard InChI is InChI=1S/C38H36N2O3/c1-25(2)43-31-20-18-29(19-21-31)38-37-33(23-30(24-35(37)41)28-16-13-26(3)14-17-28)39-32-11-7-8-12-34(32)40(38)36(42)22-15-27-9-5-4-6-10-27/h4-22,25,30,38-39H,23-24H2,1-3H3/b22-15+/t30-,38+/m1/s1. The van der Waals surface area contributed by atoms with E-state index in [1.807, 2.05) is 98.8 Å². The number of aryl methyl sites for hydroxylation is 1. The van der Waals surface area contributed by atoms with Gasteiger partial charge in [0.2, 0.25) is 0 Å². The van der Waals surface area contributed by atoms with Crippen LogP contribution in [0.25, 0.3) is 6.08 Å². The van der Waals surface area contributed by atoms with E-state index >= 15 is 0 Å². The Kier molecular flexibility index (Phi) is 7.97. The summed E-state index contributed by atoms with van der Waals surface area (Å²) in [4.78, 5) is 30.3. The molecule has 4 aromatic rings. The Hall–Kier alpha value is -4.90. The summed E-state index contributed by atoms with van der Waals surface area (Å²) in [5, 5.41) is 3.61. The first kappa shape index (κ1) is 28.2. The highest BCUT2D eigenvalue weighted by atomic mass is 16.5. The van der Waals surface area contributed by atoms with E-state index in [-0.39, 0.29) is 23.7 Å². The number of carbonyl (C=O) groups excluding carboxylic acids is 2. The Morgan fingerprint density at radius 1 is 0.860 bits per heavy atom. The van der Waals surface area contributed by atoms with Crippen molar-refractivity contribution in [3.63, 3.8) is 0 Å². The topological polar surface area (TPSA) is 58.6 Å². The first-order chi connectivity index (χ1) is 20.9. The molecule has 1 N–H and O–H groups in total. The molecule has 2 aliphatic rings. The normalized spacial score (nSPS) is 18.2. The lowest BCUT2D eigenvalue weighted by atomic mass is 9.78. The van der Waals surface area contributed by atoms with Gasteiger partial charge in [0.15, 0.2) is 5.78 Å². The summed E-state index contributed by atoms with van der Waals surface area (Å²) < 4.78 is 5.92. The first-order valence-corrected chi connectivity index (χ1v) is 14.9. The molecule has 0 spiro atoms. The summed E-state index contributed by atoms with van der Waals surface area (Å²) in [6.45, 7) is 6.05. The molecule has 0 bridgehead atoms. The number of nitrogens with zero attached hydrogens (tertiary/aromatic N) is 1. The minimum Gasteiger partial charge on any atom is -0.491 e. The Labute approximate surface area is 253 Å². The van der Waals surface area contributed by atoms with Crippen molar-refractivity contribution in [1.82, 2.24) is 0 Å². The molecule has 5 heteroatoms. The number of rotatable bonds is 6. The van der Waals surface area contributed by atoms with Gasteiger partial charge < -0.3 is 10.1 Å². The molecule has 216 valence electrons. The van der Waals surface area contributed by atoms with Gasteiger partial charge in [0, 0.05) is 23.8 Å². The maximum Gasteiger partial charge on any atom is 0.251 e. The second kappa shape index (κ2) is 12.1. The van der Waals surface area contributed by atoms with Crippen molar-refractivity contribution in [2.45, 2.75) is 51.7 Å². The number of ketones is 1. The van der Waals surface area contributed by atoms with Crippen molar-refractivity contribution in [3.8, 4) is 5.75 Å². The molecule has 1 aliphatic carbocycles. The van der Waals surface area contributed by atoms with Gasteiger partial charge in [0.1, 0.15) is 5.75 Å². The fourth-order valence-electron chi connectivity index (χ4n) is 6.04. The van der Waals surface area contributed by atoms with E-state index < -0.39 is 6.04 Å². The van der Waals surface area contributed by atoms with Crippen LogP contribution >= 0.6 is 0 Å². The molecule has 0 radical (unpaired) electrons. The van der Waals surface area contributed by atoms with Crippen LogP contribution in [-0.4, -0.2) is 17.8 Å². The highest BCUT2D eigenvalue weighted by Gasteiger charge is 2.41. The summed E-state index contributed by atoms with van der Waals surface area (Å²) in [5.74, 6) is 0.642. The number of para-hydroxylation sites is 2. The van der Waals surface area contributed by atoms with Crippen molar-refractivity contribution >= 4 is 29.1 Å². The molecule has 5 nitrogen and oxygen atoms in total. The third-order valence-corrected chi connectivity index (χ3v) is 8.06. The molecule has 1 amide bonds. The predicted octanol–water partition coefficient (Wildman–Crippen LogP) is 8.40. The third-order valence-electron chi connectivity index (χ3n) is 8.06. The summed E-state index contributed by atoms with van der Waals surface area (Å²) in [6.07, 6.45) is 4.52. The molecule has 0 saturated carbocycles. The first-order valence-electron chi connectivity index (χ1n) is 14.9. The third kappa shape index (κ3) is 6.02. The lowest BCUT2D eigenvalue weighted by Gasteiger charge is -2.34. The fraction of sp³-hybridized carbons (Fsp3) is 0.211. The highest BCUT2D eigenvalue weighted by molar-refractivity contribution is 6.10. The Bertz CT molecular complexity index is 1690. The minimum absolute atomic E-state index is 0.0361. The van der Waals surface area contributed by atoms with Crippen molar-refractivity contribution in [2.24, 2.45) is 0 Å². The minimum atomic E-state index is -0.612. The summed E-state index contributed by atoms with van der Waals surface area (Å²) in [5.41, 5.74) is 7.15. The van der Waals surface area contributed by atoms with Crippen LogP contribution in [0.15, 0.2) is 120 Å². The van der Waals surface area contributed by atoms with Gasteiger partial charge in [-0.1, -0.05) is 84.4 Å². The van der Waals surface area contributed by atoms with Crippen LogP contribution in [0, 0.1) is 6.92 Å². The Balaban J connectivity index is 1.49. The van der Waals surface area contributed by atoms with Gasteiger partial charge in [0.25, 0.3) is 5.91 Å². The van der Waals surface area contributed by atoms with Crippen LogP contribution in [-0.2, 0) is 9.59 Å². The average molecular weight is 569 g/mol. The van der Waals surface area contributed by atoms with Gasteiger partial charge in [0.05, 0.1) is 23.5 Å². The zero-order valence-corrected chi connectivity index (χ0v) is 24.8. The number of anilines is 2. The van der Waals surface area contributed by atoms with Crippen molar-refractivity contribution in [2.75, 3.05) is 10.2 Å². The molecule has 2 atom stereocenters. The molecule has 4 aromatic carbocycles. The number of benzene rings is 4. The molecule has 6 rings (SSSR count). The average Bonchev–Trinajstić information content (AvgIpc) is 3.16. The molecular formula is C38H36N2O3. The van der Waals surface area contributed by atoms with Gasteiger partial charge in [-0.05, 0) is 80.1 Å². The number of hydrogen-bond donors (Lipinski definition) is 1. The SMILES string of the molecule is Cc1ccc([C@H]2CC(=O)C3=C(C2)Nc2ccccc2N(C(=O)/C=C/c2ccccc2)[C@H]3c2ccc(OC(C)C)cc2)cc1. The monoisotopic (exact) mass is 568 g/mol. The predicted molar refractivity (Wildman–Crippen MR) is 173 cm³/mol. The number of amides is 1. The van der Waals surface area contributed by atoms with E-state index in [1.54, 1.807) is 11.0 Å². The lowest BCUT2D eigenvalue weighted by Crippen LogP contribution is -2.37. The van der Waals surface area contributed by atoms with Crippen LogP contribution in [0.3, 0.4) is 0 Å². The Morgan fingerprint density at radius 2 is 1.53 bits per heavy atom. The highest BCUT2D eigenvalue weighted by Crippen LogP contribution is 2.47. The van der Waals surface area contributed by atoms with Crippen molar-refractivity contribution < 1.29 is 14.3 Å². The number of hydrogen-bond acceptors (Lipinski definition) is 4. The summed E-state index contributed by atoms with van der Waals surface area (Å²) >= 11 is 0. The number of ether oxygens (including phenoxy) is 1. The molecule has 0 fully saturated rings. The van der Waals surface area contributed by atoms with Crippen LogP contribution in [0.4, 0.5) is 11.4 Å². The molecular weight excluding hydrogens is 532 g/mol. The van der Waals surface area contributed by atoms with Gasteiger partial charge in [-0.15, -0.1) is 0 Å². The number of Topliss-reactive ketones (excluding diaryl/α,β-unsaturated/α-hetero) is 1. The molecule has 0 unspecified atom stereocenters. The van der Waals surface area contributed by atoms with Gasteiger partial charge in [-0.3, -0.25) is 14.5 Å². The number of allylic oxidation sites excluding steroid dienone is 1. The number of fused-ring (bicyclic) bond motifs is 1. The maximum atomic E-state index is 14.2. The van der Waals surface area contributed by atoms with E-state index in [1.165, 1.54) is 5.56 Å². The van der Waals surface area contributed by atoms with Crippen LogP contribution in [0.1, 0.15) is 60.9 Å². The molecule has 1 heterocycles. The second-order valence-electron chi connectivity index (χ2n) is 11.6. The lowest BCUT2D eigenvalue weighted by molar-refractivity contribution is -0.116. The number of carbonyl (C=O) groups is 2. The zero-order chi connectivity index (χ0) is 29.9. The van der Waals surface area contributed by atoms with Crippen LogP contribution in [0.5, 0.6) is 5.75 Å². The van der Waals surface area contributed by atoms with E-state index in [0.717, 1.165) is 39.5 Å². The second-order valence-corrected chi connectivity index (χ2v) is 11.6. The van der Waals surface area contributed by atoms with E-state index in [9.17, 15) is 9.59 Å². The number of nitrogens with one attached hydrogen (secondary N) is 1. The summed E-state index contributed by atoms with van der Waals surface area (Å²) in [7, 11) is 0. The van der Waals surface area contributed by atoms with Gasteiger partial charge >= 0.3 is 0 Å². The maximum absolute atomic E-state index is 14.2. The van der Waals surface area contributed by atoms with Gasteiger partial charge in [-0.25, -0.2) is 0 Å². The zero-order valence-electron chi connectivity index (χ0n) is 24.8. The van der Waals surface area contributed by atoms with Gasteiger partial charge in [-0.2, -0.15) is 0 Å². The van der Waals surface area contributed by atoms with E-state index in [4.69, 9.17) is 4.74 Å². The molecule has 0 saturated heterocycles. The smallest absolute Gasteiger partial charge is 0.251 e. The molecule has 0 aromatic heterocycles. The van der Waals surface area contributed by atoms with E-state index in [0.29, 0.717) is 18.4 Å². The molecule has 1 aliphatic heterocycles. The Morgan fingerprint density at radius 3 is 2.26 bits per heavy atom. The fourth-order valence-corrected chi connectivity index (χ4v) is 6.04. The summed E-state index contributed by atoms with van der Waals surface area (Å²) in [6, 6.07) is 33.2. The molecule has 43 heavy (non-hydrogen) atoms. The van der Waals surface area contributed by atoms with Crippen LogP contribution in [0.2, 0.25) is 0 Å². The quantitative estimate of drug-likeness (QED) is 0.237. The van der Waals surface area contributed by atoms with Crippen LogP contribution < -0.4 is 15.0 Å². The van der Waals surface area contributed by atoms with Crippen molar-refractivity contribution in [1.29, 1.82) is 0 Å².